The summed E-state index contributed by atoms with van der Waals surface area (Å²) in [5.74, 6) is 0.0912. The number of rotatable bonds is 2. The zero-order valence-electron chi connectivity index (χ0n) is 9.35. The van der Waals surface area contributed by atoms with Crippen LogP contribution >= 0.6 is 11.6 Å². The van der Waals surface area contributed by atoms with E-state index in [4.69, 9.17) is 11.6 Å². The number of ether oxygens (including phenoxy) is 1. The Balaban J connectivity index is 2.42. The SMILES string of the molecule is COC(=O)c1nc(C)n(-c2ccc(Cl)cc2)n1. The third-order valence-electron chi connectivity index (χ3n) is 2.21. The number of aromatic nitrogens is 3. The molecular weight excluding hydrogens is 242 g/mol. The molecule has 0 spiro atoms. The second-order valence-corrected chi connectivity index (χ2v) is 3.80. The summed E-state index contributed by atoms with van der Waals surface area (Å²) < 4.78 is 6.12. The molecule has 1 aromatic heterocycles. The van der Waals surface area contributed by atoms with Gasteiger partial charge < -0.3 is 4.74 Å². The third-order valence-corrected chi connectivity index (χ3v) is 2.46. The van der Waals surface area contributed by atoms with E-state index in [1.807, 2.05) is 0 Å². The fourth-order valence-corrected chi connectivity index (χ4v) is 1.52. The highest BCUT2D eigenvalue weighted by atomic mass is 35.5. The van der Waals surface area contributed by atoms with E-state index in [0.29, 0.717) is 10.8 Å². The Labute approximate surface area is 103 Å². The van der Waals surface area contributed by atoms with Crippen molar-refractivity contribution >= 4 is 17.6 Å². The van der Waals surface area contributed by atoms with Gasteiger partial charge in [0.1, 0.15) is 5.82 Å². The van der Waals surface area contributed by atoms with Crippen LogP contribution in [0.5, 0.6) is 0 Å². The van der Waals surface area contributed by atoms with Crippen molar-refractivity contribution < 1.29 is 9.53 Å². The summed E-state index contributed by atoms with van der Waals surface area (Å²) in [6.45, 7) is 1.76. The number of carbonyl (C=O) groups is 1. The van der Waals surface area contributed by atoms with E-state index >= 15 is 0 Å². The largest absolute Gasteiger partial charge is 0.463 e. The normalized spacial score (nSPS) is 10.3. The maximum Gasteiger partial charge on any atom is 0.377 e. The minimum Gasteiger partial charge on any atom is -0.463 e. The zero-order valence-corrected chi connectivity index (χ0v) is 10.1. The van der Waals surface area contributed by atoms with Gasteiger partial charge in [-0.1, -0.05) is 11.6 Å². The molecule has 0 N–H and O–H groups in total. The highest BCUT2D eigenvalue weighted by Gasteiger charge is 2.15. The molecule has 1 aromatic carbocycles. The van der Waals surface area contributed by atoms with E-state index < -0.39 is 5.97 Å². The van der Waals surface area contributed by atoms with Crippen molar-refractivity contribution in [2.24, 2.45) is 0 Å². The highest BCUT2D eigenvalue weighted by Crippen LogP contribution is 2.14. The van der Waals surface area contributed by atoms with E-state index in [9.17, 15) is 4.79 Å². The molecule has 0 radical (unpaired) electrons. The Bertz CT molecular complexity index is 548. The maximum absolute atomic E-state index is 11.3. The minimum atomic E-state index is -0.555. The van der Waals surface area contributed by atoms with Gasteiger partial charge in [-0.3, -0.25) is 0 Å². The van der Waals surface area contributed by atoms with Gasteiger partial charge in [-0.25, -0.2) is 14.5 Å². The fourth-order valence-electron chi connectivity index (χ4n) is 1.39. The number of aryl methyl sites for hydroxylation is 1. The quantitative estimate of drug-likeness (QED) is 0.766. The van der Waals surface area contributed by atoms with Crippen LogP contribution in [0.2, 0.25) is 5.02 Å². The molecule has 0 saturated heterocycles. The van der Waals surface area contributed by atoms with Crippen molar-refractivity contribution in [3.63, 3.8) is 0 Å². The summed E-state index contributed by atoms with van der Waals surface area (Å²) in [5.41, 5.74) is 0.787. The lowest BCUT2D eigenvalue weighted by molar-refractivity contribution is 0.0587. The molecule has 0 fully saturated rings. The van der Waals surface area contributed by atoms with E-state index in [1.54, 1.807) is 35.9 Å². The van der Waals surface area contributed by atoms with Gasteiger partial charge in [0.2, 0.25) is 0 Å². The number of hydrogen-bond donors (Lipinski definition) is 0. The molecule has 17 heavy (non-hydrogen) atoms. The Kier molecular flexibility index (Phi) is 3.10. The summed E-state index contributed by atoms with van der Waals surface area (Å²) in [7, 11) is 1.29. The molecule has 1 heterocycles. The number of benzene rings is 1. The molecule has 0 aliphatic heterocycles. The molecule has 88 valence electrons. The van der Waals surface area contributed by atoms with Gasteiger partial charge in [0, 0.05) is 5.02 Å². The van der Waals surface area contributed by atoms with E-state index in [1.165, 1.54) is 7.11 Å². The average Bonchev–Trinajstić information content (AvgIpc) is 2.71. The molecule has 0 bridgehead atoms. The fraction of sp³-hybridized carbons (Fsp3) is 0.182. The minimum absolute atomic E-state index is 0.0416. The van der Waals surface area contributed by atoms with Crippen LogP contribution in [0, 0.1) is 6.92 Å². The standard InChI is InChI=1S/C11H10ClN3O2/c1-7-13-10(11(16)17-2)14-15(7)9-5-3-8(12)4-6-9/h3-6H,1-2H3. The number of nitrogens with zero attached hydrogens (tertiary/aromatic N) is 3. The molecule has 2 rings (SSSR count). The van der Waals surface area contributed by atoms with Gasteiger partial charge in [0.15, 0.2) is 0 Å². The first kappa shape index (κ1) is 11.6. The lowest BCUT2D eigenvalue weighted by Crippen LogP contribution is -2.05. The predicted octanol–water partition coefficient (Wildman–Crippen LogP) is 2.02. The van der Waals surface area contributed by atoms with Gasteiger partial charge in [0.25, 0.3) is 5.82 Å². The van der Waals surface area contributed by atoms with Crippen LogP contribution in [-0.2, 0) is 4.74 Å². The van der Waals surface area contributed by atoms with Crippen molar-refractivity contribution in [1.82, 2.24) is 14.8 Å². The van der Waals surface area contributed by atoms with Crippen molar-refractivity contribution in [3.05, 3.63) is 40.9 Å². The number of halogens is 1. The molecule has 0 aliphatic carbocycles. The smallest absolute Gasteiger partial charge is 0.377 e. The molecule has 0 saturated carbocycles. The zero-order chi connectivity index (χ0) is 12.4. The van der Waals surface area contributed by atoms with Gasteiger partial charge >= 0.3 is 5.97 Å². The Morgan fingerprint density at radius 1 is 1.35 bits per heavy atom. The lowest BCUT2D eigenvalue weighted by Gasteiger charge is -2.01. The predicted molar refractivity (Wildman–Crippen MR) is 62.4 cm³/mol. The van der Waals surface area contributed by atoms with Gasteiger partial charge in [0.05, 0.1) is 12.8 Å². The van der Waals surface area contributed by atoms with Gasteiger partial charge in [-0.05, 0) is 31.2 Å². The van der Waals surface area contributed by atoms with Crippen LogP contribution in [-0.4, -0.2) is 27.8 Å². The summed E-state index contributed by atoms with van der Waals surface area (Å²) in [4.78, 5) is 15.3. The van der Waals surface area contributed by atoms with Crippen LogP contribution in [0.4, 0.5) is 0 Å². The van der Waals surface area contributed by atoms with Gasteiger partial charge in [-0.15, -0.1) is 5.10 Å². The topological polar surface area (TPSA) is 57.0 Å². The van der Waals surface area contributed by atoms with Gasteiger partial charge in [-0.2, -0.15) is 0 Å². The monoisotopic (exact) mass is 251 g/mol. The number of hydrogen-bond acceptors (Lipinski definition) is 4. The summed E-state index contributed by atoms with van der Waals surface area (Å²) in [6, 6.07) is 7.09. The average molecular weight is 252 g/mol. The molecule has 0 aliphatic rings. The first-order chi connectivity index (χ1) is 8.11. The van der Waals surface area contributed by atoms with Crippen molar-refractivity contribution in [2.45, 2.75) is 6.92 Å². The highest BCUT2D eigenvalue weighted by molar-refractivity contribution is 6.30. The molecule has 2 aromatic rings. The van der Waals surface area contributed by atoms with E-state index in [-0.39, 0.29) is 5.82 Å². The van der Waals surface area contributed by atoms with E-state index in [2.05, 4.69) is 14.8 Å². The third kappa shape index (κ3) is 2.29. The molecule has 0 atom stereocenters. The number of carbonyl (C=O) groups excluding carboxylic acids is 1. The van der Waals surface area contributed by atoms with Crippen LogP contribution in [0.15, 0.2) is 24.3 Å². The first-order valence-electron chi connectivity index (χ1n) is 4.89. The van der Waals surface area contributed by atoms with Crippen molar-refractivity contribution in [1.29, 1.82) is 0 Å². The first-order valence-corrected chi connectivity index (χ1v) is 5.27. The second-order valence-electron chi connectivity index (χ2n) is 3.36. The Morgan fingerprint density at radius 2 is 2.00 bits per heavy atom. The Morgan fingerprint density at radius 3 is 2.59 bits per heavy atom. The van der Waals surface area contributed by atoms with Crippen LogP contribution in [0.1, 0.15) is 16.4 Å². The number of methoxy groups -OCH3 is 1. The summed E-state index contributed by atoms with van der Waals surface area (Å²) >= 11 is 5.80. The molecular formula is C11H10ClN3O2. The summed E-state index contributed by atoms with van der Waals surface area (Å²) in [5, 5.41) is 4.71. The van der Waals surface area contributed by atoms with Crippen molar-refractivity contribution in [3.8, 4) is 5.69 Å². The maximum atomic E-state index is 11.3. The van der Waals surface area contributed by atoms with Crippen LogP contribution in [0.3, 0.4) is 0 Å². The Hall–Kier alpha value is -1.88. The molecule has 6 heteroatoms. The van der Waals surface area contributed by atoms with Crippen LogP contribution < -0.4 is 0 Å². The second kappa shape index (κ2) is 4.55. The molecule has 0 amide bonds. The molecule has 5 nitrogen and oxygen atoms in total. The van der Waals surface area contributed by atoms with E-state index in [0.717, 1.165) is 5.69 Å². The van der Waals surface area contributed by atoms with Crippen molar-refractivity contribution in [2.75, 3.05) is 7.11 Å². The molecule has 0 unspecified atom stereocenters. The lowest BCUT2D eigenvalue weighted by atomic mass is 10.3. The van der Waals surface area contributed by atoms with Crippen LogP contribution in [0.25, 0.3) is 5.69 Å². The number of esters is 1. The summed E-state index contributed by atoms with van der Waals surface area (Å²) in [6.07, 6.45) is 0.